The Kier molecular flexibility index (Phi) is 69.6. The monoisotopic (exact) mass is 1910 g/mol. The smallest absolute Gasteiger partial charge is 0.303 e. The van der Waals surface area contributed by atoms with Crippen LogP contribution in [-0.2, 0) is 105 Å². The third kappa shape index (κ3) is 60.3. The van der Waals surface area contributed by atoms with Crippen LogP contribution in [0.4, 0.5) is 0 Å². The standard InChI is InChI=1S/C112H208O22/c1-78(2)40-28-44-82(9)48-32-52-86(13)56-36-60-90(17)64-68-120-72-101(123-70-66-92(19)62-38-58-88(15)54-34-50-84(11)46-30-42-80(5)6)74-122-77-104-112(134-100(27)119,109-107(129-97(24)116)106(128-96(23)115)105(127-95(22)114)103(132-109)76-125-94(21)113)110(131-99(26)118)108(130-98(25)117)111(133-104)126-75-102(124-71-67-93(20)63-39-59-89(16)55-35-51-85(12)47-31-43-81(7)8)73-121-69-65-91(18)61-37-57-87(14)53-33-49-83(10)45-29-41-79(3)4/h78-93,101-111H,28-77H2,1-27H3/t82-,83-,84-,85-,86+,87+,88+,89+,90+,91+,92+,93+,101+,102+,103-,104-,105+,106+,107-,108-,109-,110-,111+,112+/m1/s1. The lowest BCUT2D eigenvalue weighted by atomic mass is 9.74. The van der Waals surface area contributed by atoms with Crippen LogP contribution in [0.1, 0.15) is 444 Å². The van der Waals surface area contributed by atoms with Gasteiger partial charge in [-0.1, -0.05) is 370 Å². The lowest BCUT2D eigenvalue weighted by Gasteiger charge is -2.57. The molecule has 0 aromatic heterocycles. The second kappa shape index (κ2) is 74.0. The first-order valence-electron chi connectivity index (χ1n) is 54.6. The predicted octanol–water partition coefficient (Wildman–Crippen LogP) is 26.7. The fourth-order valence-corrected chi connectivity index (χ4v) is 19.7. The van der Waals surface area contributed by atoms with E-state index in [0.717, 1.165) is 186 Å². The number of ether oxygens (including phenoxy) is 15. The molecule has 0 aliphatic carbocycles. The molecule has 2 aliphatic rings. The first-order valence-corrected chi connectivity index (χ1v) is 54.6. The molecule has 22 nitrogen and oxygen atoms in total. The highest BCUT2D eigenvalue weighted by Gasteiger charge is 2.72. The summed E-state index contributed by atoms with van der Waals surface area (Å²) in [7, 11) is 0. The Labute approximate surface area is 819 Å². The molecule has 0 aromatic carbocycles. The second-order valence-corrected chi connectivity index (χ2v) is 44.8. The van der Waals surface area contributed by atoms with E-state index in [4.69, 9.17) is 71.1 Å². The summed E-state index contributed by atoms with van der Waals surface area (Å²) in [5, 5.41) is 0. The molecule has 0 unspecified atom stereocenters. The van der Waals surface area contributed by atoms with Gasteiger partial charge < -0.3 is 71.1 Å². The Morgan fingerprint density at radius 1 is 0.261 bits per heavy atom. The fourth-order valence-electron chi connectivity index (χ4n) is 19.7. The summed E-state index contributed by atoms with van der Waals surface area (Å²) >= 11 is 0. The molecule has 0 radical (unpaired) electrons. The quantitative estimate of drug-likeness (QED) is 0.0311. The minimum absolute atomic E-state index is 0.103. The van der Waals surface area contributed by atoms with Gasteiger partial charge >= 0.3 is 41.8 Å². The Bertz CT molecular complexity index is 3000. The second-order valence-electron chi connectivity index (χ2n) is 44.8. The molecule has 0 saturated carbocycles. The van der Waals surface area contributed by atoms with E-state index in [-0.39, 0.29) is 26.4 Å². The van der Waals surface area contributed by atoms with Crippen LogP contribution < -0.4 is 0 Å². The van der Waals surface area contributed by atoms with Crippen LogP contribution in [0.5, 0.6) is 0 Å². The van der Waals surface area contributed by atoms with Gasteiger partial charge in [0.2, 0.25) is 5.60 Å². The van der Waals surface area contributed by atoms with E-state index < -0.39 is 128 Å². The SMILES string of the molecule is CC(=O)OC[C@H]1O[C@@H]([C@]2(OC(C)=O)[C@H](OC(C)=O)[C@@H](OC(C)=O)[C@@H](OC[C@H](COCC[C@@H](C)CCC[C@@H](C)CCC[C@H](C)CCCC(C)C)OCC[C@@H](C)CCC[C@@H](C)CCC[C@H](C)CCCC(C)C)O[C@@H]2COC[C@H](COCC[C@@H](C)CCC[C@@H](C)CCC[C@H](C)CCCC(C)C)OCC[C@@H](C)CCC[C@@H](C)CCC[C@H](C)CCCC(C)C)[C@H](OC(C)=O)[C@@H](OC(C)=O)[C@H]1OC(C)=O. The molecule has 0 spiro atoms. The first kappa shape index (κ1) is 126. The maximum atomic E-state index is 14.6. The van der Waals surface area contributed by atoms with E-state index in [2.05, 4.69) is 138 Å². The average molecular weight is 1910 g/mol. The van der Waals surface area contributed by atoms with Crippen molar-refractivity contribution in [2.24, 2.45) is 94.7 Å². The van der Waals surface area contributed by atoms with E-state index >= 15 is 0 Å². The average Bonchev–Trinajstić information content (AvgIpc) is 0.710. The van der Waals surface area contributed by atoms with Crippen LogP contribution in [0, 0.1) is 94.7 Å². The van der Waals surface area contributed by atoms with Crippen molar-refractivity contribution in [2.45, 2.75) is 517 Å². The fraction of sp³-hybridized carbons (Fsp3) is 0.938. The number of rotatable bonds is 82. The van der Waals surface area contributed by atoms with Crippen molar-refractivity contribution < 1.29 is 105 Å². The third-order valence-corrected chi connectivity index (χ3v) is 28.3. The third-order valence-electron chi connectivity index (χ3n) is 28.3. The van der Waals surface area contributed by atoms with Gasteiger partial charge in [0.1, 0.15) is 37.1 Å². The van der Waals surface area contributed by atoms with Gasteiger partial charge in [-0.2, -0.15) is 0 Å². The lowest BCUT2D eigenvalue weighted by molar-refractivity contribution is -0.377. The van der Waals surface area contributed by atoms with E-state index in [1.165, 1.54) is 167 Å². The lowest BCUT2D eigenvalue weighted by Crippen LogP contribution is -2.80. The van der Waals surface area contributed by atoms with Crippen molar-refractivity contribution in [1.82, 2.24) is 0 Å². The predicted molar refractivity (Wildman–Crippen MR) is 538 cm³/mol. The Morgan fingerprint density at radius 2 is 0.530 bits per heavy atom. The van der Waals surface area contributed by atoms with Gasteiger partial charge in [-0.05, 0) is 120 Å². The highest BCUT2D eigenvalue weighted by atomic mass is 16.8. The summed E-state index contributed by atoms with van der Waals surface area (Å²) in [5.74, 6) is 3.54. The molecule has 2 rings (SSSR count). The van der Waals surface area contributed by atoms with Crippen molar-refractivity contribution in [3.63, 3.8) is 0 Å². The van der Waals surface area contributed by atoms with Crippen LogP contribution in [0.2, 0.25) is 0 Å². The van der Waals surface area contributed by atoms with Crippen LogP contribution in [0.25, 0.3) is 0 Å². The Balaban J connectivity index is 2.86. The summed E-state index contributed by atoms with van der Waals surface area (Å²) < 4.78 is 98.0. The topological polar surface area (TPSA) is 258 Å². The number of hydrogen-bond acceptors (Lipinski definition) is 22. The van der Waals surface area contributed by atoms with Gasteiger partial charge in [-0.25, -0.2) is 0 Å². The first-order chi connectivity index (χ1) is 63.5. The van der Waals surface area contributed by atoms with Gasteiger partial charge in [0, 0.05) is 74.9 Å². The molecule has 2 fully saturated rings. The van der Waals surface area contributed by atoms with Crippen molar-refractivity contribution in [3.8, 4) is 0 Å². The summed E-state index contributed by atoms with van der Waals surface area (Å²) in [6.45, 7) is 54.7. The van der Waals surface area contributed by atoms with Gasteiger partial charge in [-0.3, -0.25) is 33.6 Å². The molecule has 24 atom stereocenters. The minimum Gasteiger partial charge on any atom is -0.463 e. The number of carbonyl (C=O) groups is 7. The molecule has 0 bridgehead atoms. The Morgan fingerprint density at radius 3 is 0.828 bits per heavy atom. The summed E-state index contributed by atoms with van der Waals surface area (Å²) in [6, 6.07) is 0. The highest BCUT2D eigenvalue weighted by molar-refractivity contribution is 5.71. The molecule has 0 N–H and O–H groups in total. The zero-order chi connectivity index (χ0) is 100. The van der Waals surface area contributed by atoms with Gasteiger partial charge in [0.25, 0.3) is 0 Å². The summed E-state index contributed by atoms with van der Waals surface area (Å²) in [5.41, 5.74) is -2.71. The molecule has 788 valence electrons. The maximum Gasteiger partial charge on any atom is 0.303 e. The molecule has 0 aromatic rings. The zero-order valence-corrected chi connectivity index (χ0v) is 90.9. The van der Waals surface area contributed by atoms with Crippen molar-refractivity contribution in [1.29, 1.82) is 0 Å². The van der Waals surface area contributed by atoms with E-state index in [1.807, 2.05) is 0 Å². The van der Waals surface area contributed by atoms with E-state index in [1.54, 1.807) is 0 Å². The zero-order valence-electron chi connectivity index (χ0n) is 90.9. The largest absolute Gasteiger partial charge is 0.463 e. The van der Waals surface area contributed by atoms with Crippen LogP contribution in [0.3, 0.4) is 0 Å². The van der Waals surface area contributed by atoms with Crippen molar-refractivity contribution in [2.75, 3.05) is 66.1 Å². The Hall–Kier alpha value is -4.03. The molecule has 2 saturated heterocycles. The van der Waals surface area contributed by atoms with E-state index in [0.29, 0.717) is 73.8 Å². The molecular formula is C112H208O22. The minimum atomic E-state index is -2.71. The summed E-state index contributed by atoms with van der Waals surface area (Å²) in [6.07, 6.45) is 29.3. The van der Waals surface area contributed by atoms with Crippen LogP contribution in [0.15, 0.2) is 0 Å². The molecule has 22 heteroatoms. The van der Waals surface area contributed by atoms with Gasteiger partial charge in [-0.15, -0.1) is 0 Å². The van der Waals surface area contributed by atoms with Crippen molar-refractivity contribution >= 4 is 41.8 Å². The van der Waals surface area contributed by atoms with E-state index in [9.17, 15) is 33.6 Å². The number of carbonyl (C=O) groups excluding carboxylic acids is 7. The maximum absolute atomic E-state index is 14.6. The normalized spacial score (nSPS) is 22.6. The number of esters is 7. The molecule has 2 aliphatic heterocycles. The van der Waals surface area contributed by atoms with Gasteiger partial charge in [0.15, 0.2) is 36.8 Å². The van der Waals surface area contributed by atoms with Crippen LogP contribution in [-0.4, -0.2) is 181 Å². The molecule has 2 heterocycles. The molecular weight excluding hydrogens is 1700 g/mol. The van der Waals surface area contributed by atoms with Crippen molar-refractivity contribution in [3.05, 3.63) is 0 Å². The van der Waals surface area contributed by atoms with Gasteiger partial charge in [0.05, 0.1) is 33.0 Å². The summed E-state index contributed by atoms with van der Waals surface area (Å²) in [4.78, 5) is 96.6. The number of hydrogen-bond donors (Lipinski definition) is 0. The highest BCUT2D eigenvalue weighted by Crippen LogP contribution is 2.47. The molecule has 0 amide bonds. The molecule has 134 heavy (non-hydrogen) atoms. The van der Waals surface area contributed by atoms with Crippen LogP contribution >= 0.6 is 0 Å².